The van der Waals surface area contributed by atoms with Crippen molar-refractivity contribution in [2.45, 2.75) is 0 Å². The number of carbonyl (C=O) groups is 1. The highest BCUT2D eigenvalue weighted by atomic mass is 16.7. The first kappa shape index (κ1) is 20.7. The number of hydrogen-bond donors (Lipinski definition) is 1. The average molecular weight is 423 g/mol. The molecule has 0 fully saturated rings. The SMILES string of the molecule is COc1cc(-c2cnc3cc4c(cc3c2N(C)CCN(C)C)OCO4)c(C=O)cc1O. The van der Waals surface area contributed by atoms with E-state index in [1.54, 1.807) is 12.3 Å². The number of phenolic OH excluding ortho intramolecular Hbond substituents is 1. The van der Waals surface area contributed by atoms with Crippen LogP contribution < -0.4 is 19.1 Å². The van der Waals surface area contributed by atoms with E-state index in [-0.39, 0.29) is 18.3 Å². The van der Waals surface area contributed by atoms with Crippen molar-refractivity contribution in [3.8, 4) is 34.1 Å². The van der Waals surface area contributed by atoms with Gasteiger partial charge in [-0.25, -0.2) is 0 Å². The number of aromatic nitrogens is 1. The lowest BCUT2D eigenvalue weighted by Crippen LogP contribution is -2.29. The number of phenols is 1. The summed E-state index contributed by atoms with van der Waals surface area (Å²) < 4.78 is 16.4. The molecule has 8 heteroatoms. The van der Waals surface area contributed by atoms with Crippen molar-refractivity contribution in [1.82, 2.24) is 9.88 Å². The van der Waals surface area contributed by atoms with Crippen LogP contribution in [-0.4, -0.2) is 69.4 Å². The number of carbonyl (C=O) groups excluding carboxylic acids is 1. The number of nitrogens with zero attached hydrogens (tertiary/aromatic N) is 3. The summed E-state index contributed by atoms with van der Waals surface area (Å²) in [4.78, 5) is 20.7. The van der Waals surface area contributed by atoms with Crippen molar-refractivity contribution in [3.63, 3.8) is 0 Å². The molecule has 0 saturated carbocycles. The number of hydrogen-bond acceptors (Lipinski definition) is 8. The van der Waals surface area contributed by atoms with Crippen molar-refractivity contribution in [3.05, 3.63) is 36.0 Å². The third kappa shape index (κ3) is 3.82. The molecule has 0 unspecified atom stereocenters. The quantitative estimate of drug-likeness (QED) is 0.580. The molecule has 4 rings (SSSR count). The molecular formula is C23H25N3O5. The lowest BCUT2D eigenvalue weighted by molar-refractivity contribution is 0.112. The number of likely N-dealkylation sites (N-methyl/N-ethyl adjacent to an activating group) is 2. The van der Waals surface area contributed by atoms with E-state index in [0.29, 0.717) is 22.6 Å². The zero-order valence-electron chi connectivity index (χ0n) is 18.0. The van der Waals surface area contributed by atoms with Gasteiger partial charge in [-0.3, -0.25) is 9.78 Å². The van der Waals surface area contributed by atoms with E-state index in [9.17, 15) is 9.90 Å². The summed E-state index contributed by atoms with van der Waals surface area (Å²) in [6.45, 7) is 1.76. The second-order valence-electron chi connectivity index (χ2n) is 7.70. The molecule has 0 aliphatic carbocycles. The van der Waals surface area contributed by atoms with Gasteiger partial charge in [0.1, 0.15) is 0 Å². The van der Waals surface area contributed by atoms with E-state index in [1.165, 1.54) is 13.2 Å². The van der Waals surface area contributed by atoms with Gasteiger partial charge in [-0.15, -0.1) is 0 Å². The number of aldehydes is 1. The van der Waals surface area contributed by atoms with Crippen LogP contribution in [0.1, 0.15) is 10.4 Å². The molecule has 0 bridgehead atoms. The van der Waals surface area contributed by atoms with Crippen molar-refractivity contribution in [2.75, 3.05) is 53.0 Å². The molecule has 0 atom stereocenters. The monoisotopic (exact) mass is 423 g/mol. The van der Waals surface area contributed by atoms with Crippen LogP contribution >= 0.6 is 0 Å². The maximum Gasteiger partial charge on any atom is 0.231 e. The van der Waals surface area contributed by atoms with Crippen molar-refractivity contribution < 1.29 is 24.1 Å². The van der Waals surface area contributed by atoms with Crippen LogP contribution in [0.25, 0.3) is 22.0 Å². The summed E-state index contributed by atoms with van der Waals surface area (Å²) in [7, 11) is 7.52. The van der Waals surface area contributed by atoms with E-state index in [1.807, 2.05) is 33.3 Å². The highest BCUT2D eigenvalue weighted by Gasteiger charge is 2.22. The van der Waals surface area contributed by atoms with Crippen LogP contribution in [0.4, 0.5) is 5.69 Å². The molecule has 8 nitrogen and oxygen atoms in total. The second kappa shape index (κ2) is 8.31. The number of rotatable bonds is 7. The maximum atomic E-state index is 11.8. The largest absolute Gasteiger partial charge is 0.504 e. The van der Waals surface area contributed by atoms with Gasteiger partial charge in [-0.2, -0.15) is 0 Å². The van der Waals surface area contributed by atoms with Gasteiger partial charge in [0.2, 0.25) is 6.79 Å². The lowest BCUT2D eigenvalue weighted by atomic mass is 9.96. The first-order valence-corrected chi connectivity index (χ1v) is 9.87. The highest BCUT2D eigenvalue weighted by Crippen LogP contribution is 2.44. The van der Waals surface area contributed by atoms with Gasteiger partial charge in [0.25, 0.3) is 0 Å². The highest BCUT2D eigenvalue weighted by molar-refractivity contribution is 6.04. The zero-order chi connectivity index (χ0) is 22.1. The van der Waals surface area contributed by atoms with Crippen LogP contribution in [0.15, 0.2) is 30.5 Å². The second-order valence-corrected chi connectivity index (χ2v) is 7.70. The minimum Gasteiger partial charge on any atom is -0.504 e. The van der Waals surface area contributed by atoms with Crippen molar-refractivity contribution in [1.29, 1.82) is 0 Å². The Labute approximate surface area is 180 Å². The van der Waals surface area contributed by atoms with E-state index >= 15 is 0 Å². The summed E-state index contributed by atoms with van der Waals surface area (Å²) in [5.74, 6) is 1.52. The fourth-order valence-corrected chi connectivity index (χ4v) is 3.72. The van der Waals surface area contributed by atoms with Gasteiger partial charge in [-0.1, -0.05) is 0 Å². The van der Waals surface area contributed by atoms with E-state index in [2.05, 4.69) is 14.8 Å². The minimum atomic E-state index is -0.0898. The normalized spacial score (nSPS) is 12.4. The molecule has 3 aromatic rings. The first-order chi connectivity index (χ1) is 14.9. The lowest BCUT2D eigenvalue weighted by Gasteiger charge is -2.26. The van der Waals surface area contributed by atoms with Gasteiger partial charge >= 0.3 is 0 Å². The van der Waals surface area contributed by atoms with Crippen molar-refractivity contribution >= 4 is 22.9 Å². The standard InChI is InChI=1S/C23H25N3O5/c1-25(2)5-6-26(3)23-16-9-21-22(31-13-30-21)10-18(16)24-11-17(23)15-8-20(29-4)19(28)7-14(15)12-27/h7-12,28H,5-6,13H2,1-4H3. The molecule has 1 N–H and O–H groups in total. The Bertz CT molecular complexity index is 1150. The topological polar surface area (TPSA) is 84.4 Å². The summed E-state index contributed by atoms with van der Waals surface area (Å²) in [6.07, 6.45) is 2.47. The Hall–Kier alpha value is -3.52. The molecule has 2 heterocycles. The van der Waals surface area contributed by atoms with Gasteiger partial charge in [0.15, 0.2) is 29.3 Å². The minimum absolute atomic E-state index is 0.0898. The molecule has 1 aliphatic heterocycles. The Morgan fingerprint density at radius 1 is 1.10 bits per heavy atom. The predicted octanol–water partition coefficient (Wildman–Crippen LogP) is 3.16. The zero-order valence-corrected chi connectivity index (χ0v) is 18.0. The Morgan fingerprint density at radius 2 is 1.84 bits per heavy atom. The number of anilines is 1. The predicted molar refractivity (Wildman–Crippen MR) is 119 cm³/mol. The Balaban J connectivity index is 1.98. The molecule has 0 radical (unpaired) electrons. The summed E-state index contributed by atoms with van der Waals surface area (Å²) in [5.41, 5.74) is 3.40. The fraction of sp³-hybridized carbons (Fsp3) is 0.304. The molecule has 31 heavy (non-hydrogen) atoms. The molecule has 0 spiro atoms. The number of pyridine rings is 1. The number of aromatic hydroxyl groups is 1. The summed E-state index contributed by atoms with van der Waals surface area (Å²) >= 11 is 0. The molecule has 0 saturated heterocycles. The van der Waals surface area contributed by atoms with E-state index in [4.69, 9.17) is 14.2 Å². The summed E-state index contributed by atoms with van der Waals surface area (Å²) in [5, 5.41) is 11.0. The third-order valence-corrected chi connectivity index (χ3v) is 5.37. The molecule has 162 valence electrons. The van der Waals surface area contributed by atoms with Crippen molar-refractivity contribution in [2.24, 2.45) is 0 Å². The van der Waals surface area contributed by atoms with Gasteiger partial charge in [-0.05, 0) is 37.9 Å². The van der Waals surface area contributed by atoms with Gasteiger partial charge in [0.05, 0.1) is 18.3 Å². The molecule has 2 aromatic carbocycles. The van der Waals surface area contributed by atoms with E-state index < -0.39 is 0 Å². The maximum absolute atomic E-state index is 11.8. The fourth-order valence-electron chi connectivity index (χ4n) is 3.72. The molecular weight excluding hydrogens is 398 g/mol. The Kier molecular flexibility index (Phi) is 5.56. The number of benzene rings is 2. The van der Waals surface area contributed by atoms with Gasteiger partial charge in [0, 0.05) is 48.9 Å². The van der Waals surface area contributed by atoms with Crippen LogP contribution in [0.5, 0.6) is 23.0 Å². The first-order valence-electron chi connectivity index (χ1n) is 9.87. The number of ether oxygens (including phenoxy) is 3. The Morgan fingerprint density at radius 3 is 2.52 bits per heavy atom. The summed E-state index contributed by atoms with van der Waals surface area (Å²) in [6, 6.07) is 6.86. The number of fused-ring (bicyclic) bond motifs is 2. The third-order valence-electron chi connectivity index (χ3n) is 5.37. The van der Waals surface area contributed by atoms with Crippen LogP contribution in [0.2, 0.25) is 0 Å². The van der Waals surface area contributed by atoms with Crippen LogP contribution in [-0.2, 0) is 0 Å². The average Bonchev–Trinajstić information content (AvgIpc) is 3.22. The number of methoxy groups -OCH3 is 1. The van der Waals surface area contributed by atoms with Gasteiger partial charge < -0.3 is 29.1 Å². The smallest absolute Gasteiger partial charge is 0.231 e. The van der Waals surface area contributed by atoms with E-state index in [0.717, 1.165) is 41.5 Å². The van der Waals surface area contributed by atoms with Crippen LogP contribution in [0, 0.1) is 0 Å². The molecule has 1 aromatic heterocycles. The van der Waals surface area contributed by atoms with Crippen LogP contribution in [0.3, 0.4) is 0 Å². The molecule has 1 aliphatic rings. The molecule has 0 amide bonds.